The zero-order valence-corrected chi connectivity index (χ0v) is 11.5. The molecule has 0 unspecified atom stereocenters. The van der Waals surface area contributed by atoms with Crippen LogP contribution in [0.4, 0.5) is 13.2 Å². The van der Waals surface area contributed by atoms with Crippen molar-refractivity contribution in [2.75, 3.05) is 0 Å². The lowest BCUT2D eigenvalue weighted by Gasteiger charge is -2.11. The maximum atomic E-state index is 12.4. The van der Waals surface area contributed by atoms with Crippen molar-refractivity contribution in [3.8, 4) is 22.9 Å². The molecule has 22 heavy (non-hydrogen) atoms. The van der Waals surface area contributed by atoms with E-state index in [2.05, 4.69) is 9.84 Å². The molecule has 1 aromatic heterocycles. The van der Waals surface area contributed by atoms with Crippen LogP contribution in [-0.2, 0) is 6.54 Å². The molecule has 0 N–H and O–H groups in total. The van der Waals surface area contributed by atoms with E-state index in [4.69, 9.17) is 5.26 Å². The molecular formula is C15H12F3N3O. The van der Waals surface area contributed by atoms with Gasteiger partial charge in [0, 0.05) is 18.3 Å². The summed E-state index contributed by atoms with van der Waals surface area (Å²) in [5.74, 6) is 0.153. The molecule has 1 aliphatic rings. The molecule has 4 nitrogen and oxygen atoms in total. The minimum absolute atomic E-state index is 0.161. The molecule has 0 saturated heterocycles. The van der Waals surface area contributed by atoms with Gasteiger partial charge in [0.15, 0.2) is 0 Å². The van der Waals surface area contributed by atoms with Gasteiger partial charge in [0.1, 0.15) is 11.8 Å². The Hall–Kier alpha value is -2.49. The smallest absolute Gasteiger partial charge is 0.404 e. The first-order chi connectivity index (χ1) is 10.4. The number of nitrogens with zero attached hydrogens (tertiary/aromatic N) is 3. The van der Waals surface area contributed by atoms with Crippen molar-refractivity contribution in [2.45, 2.75) is 25.7 Å². The fraction of sp³-hybridized carbons (Fsp3) is 0.333. The Morgan fingerprint density at radius 3 is 2.73 bits per heavy atom. The highest BCUT2D eigenvalue weighted by atomic mass is 19.4. The molecule has 0 atom stereocenters. The van der Waals surface area contributed by atoms with Crippen LogP contribution in [0.5, 0.6) is 5.75 Å². The van der Waals surface area contributed by atoms with Crippen LogP contribution in [0.3, 0.4) is 0 Å². The van der Waals surface area contributed by atoms with Crippen LogP contribution < -0.4 is 4.74 Å². The molecule has 2 aromatic rings. The van der Waals surface area contributed by atoms with E-state index in [0.29, 0.717) is 17.0 Å². The van der Waals surface area contributed by atoms with Gasteiger partial charge in [-0.25, -0.2) is 0 Å². The highest BCUT2D eigenvalue weighted by Gasteiger charge is 2.32. The average molecular weight is 307 g/mol. The summed E-state index contributed by atoms with van der Waals surface area (Å²) in [6, 6.07) is 5.80. The van der Waals surface area contributed by atoms with Crippen molar-refractivity contribution >= 4 is 0 Å². The maximum Gasteiger partial charge on any atom is 0.573 e. The van der Waals surface area contributed by atoms with Crippen LogP contribution in [-0.4, -0.2) is 16.1 Å². The third kappa shape index (κ3) is 3.39. The van der Waals surface area contributed by atoms with E-state index in [1.807, 2.05) is 0 Å². The van der Waals surface area contributed by atoms with E-state index in [-0.39, 0.29) is 5.56 Å². The number of aromatic nitrogens is 2. The van der Waals surface area contributed by atoms with Crippen molar-refractivity contribution in [3.63, 3.8) is 0 Å². The Morgan fingerprint density at radius 1 is 1.32 bits per heavy atom. The topological polar surface area (TPSA) is 50.8 Å². The first kappa shape index (κ1) is 14.4. The molecule has 0 radical (unpaired) electrons. The summed E-state index contributed by atoms with van der Waals surface area (Å²) in [4.78, 5) is 0. The van der Waals surface area contributed by atoms with Crippen LogP contribution >= 0.6 is 0 Å². The molecule has 0 amide bonds. The summed E-state index contributed by atoms with van der Waals surface area (Å²) in [7, 11) is 0. The van der Waals surface area contributed by atoms with Gasteiger partial charge < -0.3 is 4.74 Å². The predicted octanol–water partition coefficient (Wildman–Crippen LogP) is 3.73. The summed E-state index contributed by atoms with van der Waals surface area (Å²) < 4.78 is 42.9. The molecule has 114 valence electrons. The van der Waals surface area contributed by atoms with Gasteiger partial charge in [-0.05, 0) is 36.5 Å². The Morgan fingerprint density at radius 2 is 2.09 bits per heavy atom. The summed E-state index contributed by atoms with van der Waals surface area (Å²) in [5.41, 5.74) is 1.06. The first-order valence-corrected chi connectivity index (χ1v) is 6.77. The summed E-state index contributed by atoms with van der Waals surface area (Å²) in [6.45, 7) is 0.822. The average Bonchev–Trinajstić information content (AvgIpc) is 3.12. The second-order valence-electron chi connectivity index (χ2n) is 5.26. The number of halogens is 3. The number of hydrogen-bond donors (Lipinski definition) is 0. The van der Waals surface area contributed by atoms with Crippen molar-refractivity contribution < 1.29 is 17.9 Å². The van der Waals surface area contributed by atoms with Gasteiger partial charge in [0.05, 0.1) is 11.8 Å². The van der Waals surface area contributed by atoms with Crippen molar-refractivity contribution in [1.82, 2.24) is 9.78 Å². The van der Waals surface area contributed by atoms with Gasteiger partial charge in [-0.15, -0.1) is 13.2 Å². The number of alkyl halides is 3. The van der Waals surface area contributed by atoms with Gasteiger partial charge in [0.25, 0.3) is 0 Å². The lowest BCUT2D eigenvalue weighted by molar-refractivity contribution is -0.274. The quantitative estimate of drug-likeness (QED) is 0.865. The minimum Gasteiger partial charge on any atom is -0.404 e. The van der Waals surface area contributed by atoms with Crippen LogP contribution in [0.2, 0.25) is 0 Å². The van der Waals surface area contributed by atoms with Crippen LogP contribution in [0.1, 0.15) is 18.4 Å². The van der Waals surface area contributed by atoms with E-state index in [1.54, 1.807) is 29.2 Å². The number of hydrogen-bond acceptors (Lipinski definition) is 3. The summed E-state index contributed by atoms with van der Waals surface area (Å²) >= 11 is 0. The highest BCUT2D eigenvalue weighted by molar-refractivity contribution is 5.66. The second kappa shape index (κ2) is 5.37. The normalized spacial score (nSPS) is 14.6. The van der Waals surface area contributed by atoms with Gasteiger partial charge in [-0.1, -0.05) is 6.07 Å². The standard InChI is InChI=1S/C15H12F3N3O/c16-15(17,18)22-14-5-11(3-4-12(14)6-19)13-7-20-21(9-13)8-10-1-2-10/h3-5,7,9-10H,1-2,8H2. The van der Waals surface area contributed by atoms with E-state index >= 15 is 0 Å². The maximum absolute atomic E-state index is 12.4. The fourth-order valence-corrected chi connectivity index (χ4v) is 2.18. The summed E-state index contributed by atoms with van der Waals surface area (Å²) in [5, 5.41) is 13.1. The fourth-order valence-electron chi connectivity index (χ4n) is 2.18. The number of ether oxygens (including phenoxy) is 1. The zero-order valence-electron chi connectivity index (χ0n) is 11.5. The molecule has 1 heterocycles. The Kier molecular flexibility index (Phi) is 3.53. The molecule has 1 aromatic carbocycles. The molecule has 1 aliphatic carbocycles. The van der Waals surface area contributed by atoms with Gasteiger partial charge in [-0.3, -0.25) is 4.68 Å². The number of rotatable bonds is 4. The lowest BCUT2D eigenvalue weighted by Crippen LogP contribution is -2.17. The van der Waals surface area contributed by atoms with Crippen LogP contribution in [0, 0.1) is 17.2 Å². The molecule has 0 spiro atoms. The monoisotopic (exact) mass is 307 g/mol. The Bertz CT molecular complexity index is 726. The van der Waals surface area contributed by atoms with E-state index in [1.165, 1.54) is 25.0 Å². The molecule has 1 fully saturated rings. The van der Waals surface area contributed by atoms with Crippen molar-refractivity contribution in [3.05, 3.63) is 36.2 Å². The molecule has 3 rings (SSSR count). The Labute approximate surface area is 124 Å². The molecule has 0 bridgehead atoms. The van der Waals surface area contributed by atoms with Crippen molar-refractivity contribution in [1.29, 1.82) is 5.26 Å². The summed E-state index contributed by atoms with van der Waals surface area (Å²) in [6.07, 6.45) is 0.934. The van der Waals surface area contributed by atoms with Gasteiger partial charge >= 0.3 is 6.36 Å². The second-order valence-corrected chi connectivity index (χ2v) is 5.26. The number of benzene rings is 1. The molecule has 1 saturated carbocycles. The lowest BCUT2D eigenvalue weighted by atomic mass is 10.1. The van der Waals surface area contributed by atoms with Crippen LogP contribution in [0.25, 0.3) is 11.1 Å². The van der Waals surface area contributed by atoms with E-state index in [0.717, 1.165) is 6.54 Å². The molecular weight excluding hydrogens is 295 g/mol. The third-order valence-electron chi connectivity index (χ3n) is 3.44. The Balaban J connectivity index is 1.88. The van der Waals surface area contributed by atoms with Gasteiger partial charge in [0.2, 0.25) is 0 Å². The van der Waals surface area contributed by atoms with Crippen LogP contribution in [0.15, 0.2) is 30.6 Å². The van der Waals surface area contributed by atoms with Gasteiger partial charge in [-0.2, -0.15) is 10.4 Å². The largest absolute Gasteiger partial charge is 0.573 e. The molecule has 7 heteroatoms. The molecule has 0 aliphatic heterocycles. The van der Waals surface area contributed by atoms with E-state index < -0.39 is 12.1 Å². The minimum atomic E-state index is -4.83. The SMILES string of the molecule is N#Cc1ccc(-c2cnn(CC3CC3)c2)cc1OC(F)(F)F. The van der Waals surface area contributed by atoms with Crippen molar-refractivity contribution in [2.24, 2.45) is 5.92 Å². The highest BCUT2D eigenvalue weighted by Crippen LogP contribution is 2.33. The van der Waals surface area contributed by atoms with E-state index in [9.17, 15) is 13.2 Å². The predicted molar refractivity (Wildman–Crippen MR) is 71.8 cm³/mol. The zero-order chi connectivity index (χ0) is 15.7. The third-order valence-corrected chi connectivity index (χ3v) is 3.44. The first-order valence-electron chi connectivity index (χ1n) is 6.77. The number of nitriles is 1.